The first-order valence-corrected chi connectivity index (χ1v) is 8.76. The van der Waals surface area contributed by atoms with Gasteiger partial charge in [-0.25, -0.2) is 8.42 Å². The van der Waals surface area contributed by atoms with Crippen LogP contribution in [-0.4, -0.2) is 40.4 Å². The predicted octanol–water partition coefficient (Wildman–Crippen LogP) is 1.80. The number of benzene rings is 2. The number of rotatable bonds is 6. The second-order valence-electron chi connectivity index (χ2n) is 5.37. The Balaban J connectivity index is 2.38. The molecule has 6 nitrogen and oxygen atoms in total. The summed E-state index contributed by atoms with van der Waals surface area (Å²) in [7, 11) is 0.865. The van der Waals surface area contributed by atoms with Crippen molar-refractivity contribution in [3.05, 3.63) is 60.2 Å². The van der Waals surface area contributed by atoms with E-state index in [2.05, 4.69) is 4.72 Å². The molecule has 1 unspecified atom stereocenters. The van der Waals surface area contributed by atoms with E-state index in [0.29, 0.717) is 11.3 Å². The molecule has 0 saturated carbocycles. The summed E-state index contributed by atoms with van der Waals surface area (Å²) < 4.78 is 32.7. The molecule has 2 aromatic carbocycles. The lowest BCUT2D eigenvalue weighted by Crippen LogP contribution is -2.39. The first-order chi connectivity index (χ1) is 11.3. The first-order valence-electron chi connectivity index (χ1n) is 7.27. The normalized spacial score (nSPS) is 12.5. The number of nitrogens with zero attached hydrogens (tertiary/aromatic N) is 1. The van der Waals surface area contributed by atoms with Crippen LogP contribution < -0.4 is 9.46 Å². The smallest absolute Gasteiger partial charge is 0.244 e. The Morgan fingerprint density at radius 3 is 2.12 bits per heavy atom. The average molecular weight is 348 g/mol. The topological polar surface area (TPSA) is 75.7 Å². The van der Waals surface area contributed by atoms with E-state index in [0.717, 1.165) is 0 Å². The molecule has 128 valence electrons. The van der Waals surface area contributed by atoms with Gasteiger partial charge in [0.25, 0.3) is 0 Å². The summed E-state index contributed by atoms with van der Waals surface area (Å²) in [5.74, 6) is 0.264. The van der Waals surface area contributed by atoms with Crippen molar-refractivity contribution in [3.8, 4) is 5.75 Å². The molecule has 1 N–H and O–H groups in total. The quantitative estimate of drug-likeness (QED) is 0.864. The molecule has 0 fully saturated rings. The highest BCUT2D eigenvalue weighted by molar-refractivity contribution is 7.89. The van der Waals surface area contributed by atoms with Crippen LogP contribution in [0, 0.1) is 0 Å². The lowest BCUT2D eigenvalue weighted by molar-refractivity contribution is -0.130. The van der Waals surface area contributed by atoms with Gasteiger partial charge in [-0.1, -0.05) is 30.3 Å². The molecule has 0 heterocycles. The fourth-order valence-corrected chi connectivity index (χ4v) is 3.34. The van der Waals surface area contributed by atoms with Crippen LogP contribution in [0.1, 0.15) is 11.6 Å². The molecule has 7 heteroatoms. The fourth-order valence-electron chi connectivity index (χ4n) is 2.14. The number of likely N-dealkylation sites (N-methyl/N-ethyl adjacent to an activating group) is 1. The van der Waals surface area contributed by atoms with Crippen LogP contribution in [0.2, 0.25) is 0 Å². The van der Waals surface area contributed by atoms with Crippen molar-refractivity contribution in [2.75, 3.05) is 21.2 Å². The Hall–Kier alpha value is -2.38. The van der Waals surface area contributed by atoms with Gasteiger partial charge in [-0.05, 0) is 29.8 Å². The lowest BCUT2D eigenvalue weighted by Gasteiger charge is -2.22. The van der Waals surface area contributed by atoms with Crippen LogP contribution in [0.3, 0.4) is 0 Å². The second kappa shape index (κ2) is 7.46. The van der Waals surface area contributed by atoms with Crippen molar-refractivity contribution in [2.24, 2.45) is 0 Å². The molecule has 0 aliphatic heterocycles. The van der Waals surface area contributed by atoms with Crippen molar-refractivity contribution in [1.82, 2.24) is 9.62 Å². The molecule has 0 spiro atoms. The van der Waals surface area contributed by atoms with Crippen LogP contribution in [-0.2, 0) is 14.8 Å². The molecule has 0 saturated heterocycles. The van der Waals surface area contributed by atoms with E-state index in [9.17, 15) is 13.2 Å². The minimum Gasteiger partial charge on any atom is -0.497 e. The minimum atomic E-state index is -3.83. The van der Waals surface area contributed by atoms with Gasteiger partial charge in [0, 0.05) is 14.1 Å². The van der Waals surface area contributed by atoms with Crippen LogP contribution in [0.4, 0.5) is 0 Å². The maximum atomic E-state index is 12.6. The van der Waals surface area contributed by atoms with E-state index >= 15 is 0 Å². The second-order valence-corrected chi connectivity index (χ2v) is 7.09. The average Bonchev–Trinajstić information content (AvgIpc) is 2.60. The van der Waals surface area contributed by atoms with Gasteiger partial charge in [-0.3, -0.25) is 4.79 Å². The van der Waals surface area contributed by atoms with Gasteiger partial charge in [0.1, 0.15) is 11.8 Å². The molecule has 0 radical (unpaired) electrons. The number of ether oxygens (including phenoxy) is 1. The number of amides is 1. The zero-order valence-electron chi connectivity index (χ0n) is 13.8. The number of nitrogens with one attached hydrogen (secondary N) is 1. The van der Waals surface area contributed by atoms with Gasteiger partial charge >= 0.3 is 0 Å². The molecule has 2 aromatic rings. The van der Waals surface area contributed by atoms with E-state index in [1.165, 1.54) is 24.1 Å². The fraction of sp³-hybridized carbons (Fsp3) is 0.235. The SMILES string of the molecule is COc1ccc(C(NS(=O)(=O)c2ccccc2)C(=O)N(C)C)cc1. The Kier molecular flexibility index (Phi) is 5.58. The number of hydrogen-bond acceptors (Lipinski definition) is 4. The van der Waals surface area contributed by atoms with Crippen molar-refractivity contribution < 1.29 is 17.9 Å². The Bertz CT molecular complexity index is 787. The Morgan fingerprint density at radius 2 is 1.62 bits per heavy atom. The van der Waals surface area contributed by atoms with Gasteiger partial charge in [-0.2, -0.15) is 4.72 Å². The summed E-state index contributed by atoms with van der Waals surface area (Å²) in [5.41, 5.74) is 0.536. The van der Waals surface area contributed by atoms with Gasteiger partial charge < -0.3 is 9.64 Å². The molecule has 0 bridgehead atoms. The summed E-state index contributed by atoms with van der Waals surface area (Å²) in [5, 5.41) is 0. The summed E-state index contributed by atoms with van der Waals surface area (Å²) in [6, 6.07) is 13.6. The number of carbonyl (C=O) groups excluding carboxylic acids is 1. The highest BCUT2D eigenvalue weighted by Gasteiger charge is 2.28. The largest absolute Gasteiger partial charge is 0.497 e. The summed E-state index contributed by atoms with van der Waals surface area (Å²) >= 11 is 0. The maximum absolute atomic E-state index is 12.6. The third-order valence-electron chi connectivity index (χ3n) is 3.46. The molecule has 1 amide bonds. The highest BCUT2D eigenvalue weighted by Crippen LogP contribution is 2.21. The molecule has 0 aliphatic rings. The van der Waals surface area contributed by atoms with Gasteiger partial charge in [0.05, 0.1) is 12.0 Å². The number of sulfonamides is 1. The monoisotopic (exact) mass is 348 g/mol. The molecule has 24 heavy (non-hydrogen) atoms. The molecule has 0 aliphatic carbocycles. The van der Waals surface area contributed by atoms with E-state index in [-0.39, 0.29) is 10.8 Å². The standard InChI is InChI=1S/C17H20N2O4S/c1-19(2)17(20)16(13-9-11-14(23-3)12-10-13)18-24(21,22)15-7-5-4-6-8-15/h4-12,16,18H,1-3H3. The van der Waals surface area contributed by atoms with Crippen LogP contribution in [0.5, 0.6) is 5.75 Å². The van der Waals surface area contributed by atoms with E-state index in [1.54, 1.807) is 56.6 Å². The summed E-state index contributed by atoms with van der Waals surface area (Å²) in [4.78, 5) is 13.9. The maximum Gasteiger partial charge on any atom is 0.244 e. The van der Waals surface area contributed by atoms with Crippen molar-refractivity contribution in [3.63, 3.8) is 0 Å². The first kappa shape index (κ1) is 18.0. The molecule has 2 rings (SSSR count). The molecule has 0 aromatic heterocycles. The minimum absolute atomic E-state index is 0.107. The zero-order valence-corrected chi connectivity index (χ0v) is 14.6. The van der Waals surface area contributed by atoms with Crippen molar-refractivity contribution in [2.45, 2.75) is 10.9 Å². The van der Waals surface area contributed by atoms with Crippen LogP contribution >= 0.6 is 0 Å². The molecular formula is C17H20N2O4S. The third-order valence-corrected chi connectivity index (χ3v) is 4.90. The van der Waals surface area contributed by atoms with Crippen LogP contribution in [0.15, 0.2) is 59.5 Å². The summed E-state index contributed by atoms with van der Waals surface area (Å²) in [6.07, 6.45) is 0. The Morgan fingerprint density at radius 1 is 1.04 bits per heavy atom. The number of hydrogen-bond donors (Lipinski definition) is 1. The van der Waals surface area contributed by atoms with E-state index in [1.807, 2.05) is 0 Å². The van der Waals surface area contributed by atoms with Gasteiger partial charge in [-0.15, -0.1) is 0 Å². The number of methoxy groups -OCH3 is 1. The molecular weight excluding hydrogens is 328 g/mol. The van der Waals surface area contributed by atoms with Gasteiger partial charge in [0.2, 0.25) is 15.9 Å². The van der Waals surface area contributed by atoms with E-state index < -0.39 is 16.1 Å². The number of carbonyl (C=O) groups is 1. The third kappa shape index (κ3) is 4.12. The summed E-state index contributed by atoms with van der Waals surface area (Å²) in [6.45, 7) is 0. The lowest BCUT2D eigenvalue weighted by atomic mass is 10.1. The highest BCUT2D eigenvalue weighted by atomic mass is 32.2. The Labute approximate surface area is 142 Å². The van der Waals surface area contributed by atoms with Crippen molar-refractivity contribution in [1.29, 1.82) is 0 Å². The van der Waals surface area contributed by atoms with Crippen LogP contribution in [0.25, 0.3) is 0 Å². The zero-order chi connectivity index (χ0) is 17.7. The van der Waals surface area contributed by atoms with E-state index in [4.69, 9.17) is 4.74 Å². The van der Waals surface area contributed by atoms with Gasteiger partial charge in [0.15, 0.2) is 0 Å². The van der Waals surface area contributed by atoms with Crippen molar-refractivity contribution >= 4 is 15.9 Å². The predicted molar refractivity (Wildman–Crippen MR) is 91.2 cm³/mol. The molecule has 1 atom stereocenters.